The zero-order valence-electron chi connectivity index (χ0n) is 11.1. The van der Waals surface area contributed by atoms with Crippen molar-refractivity contribution in [1.82, 2.24) is 10.3 Å². The fraction of sp³-hybridized carbons (Fsp3) is 0.0667. The van der Waals surface area contributed by atoms with Gasteiger partial charge in [0.25, 0.3) is 5.56 Å². The Morgan fingerprint density at radius 3 is 2.81 bits per heavy atom. The highest BCUT2D eigenvalue weighted by molar-refractivity contribution is 9.10. The van der Waals surface area contributed by atoms with Gasteiger partial charge in [-0.2, -0.15) is 0 Å². The van der Waals surface area contributed by atoms with Crippen molar-refractivity contribution in [3.63, 3.8) is 0 Å². The number of benzene rings is 1. The number of H-pyrrole nitrogens is 1. The van der Waals surface area contributed by atoms with Gasteiger partial charge < -0.3 is 15.6 Å². The van der Waals surface area contributed by atoms with Crippen molar-refractivity contribution in [2.45, 2.75) is 0 Å². The third-order valence-corrected chi connectivity index (χ3v) is 3.06. The van der Waals surface area contributed by atoms with Gasteiger partial charge >= 0.3 is 6.03 Å². The number of halogens is 1. The Morgan fingerprint density at radius 1 is 1.29 bits per heavy atom. The van der Waals surface area contributed by atoms with Crippen molar-refractivity contribution >= 4 is 33.7 Å². The van der Waals surface area contributed by atoms with Gasteiger partial charge in [-0.1, -0.05) is 42.5 Å². The molecule has 5 nitrogen and oxygen atoms in total. The van der Waals surface area contributed by atoms with E-state index in [1.54, 1.807) is 0 Å². The maximum atomic E-state index is 11.7. The Bertz CT molecular complexity index is 696. The maximum Gasteiger partial charge on any atom is 0.319 e. The highest BCUT2D eigenvalue weighted by Crippen LogP contribution is 2.09. The number of urea groups is 1. The van der Waals surface area contributed by atoms with Crippen LogP contribution in [0.15, 0.2) is 57.9 Å². The smallest absolute Gasteiger partial charge is 0.319 e. The summed E-state index contributed by atoms with van der Waals surface area (Å²) in [5.41, 5.74) is 0.894. The molecule has 0 unspecified atom stereocenters. The average molecular weight is 348 g/mol. The number of aromatic amines is 1. The number of rotatable bonds is 4. The van der Waals surface area contributed by atoms with Crippen molar-refractivity contribution in [3.05, 3.63) is 69.1 Å². The standard InChI is InChI=1S/C15H14BrN3O2/c16-12-9-13(14(20)18-10-12)19-15(21)17-8-4-7-11-5-2-1-3-6-11/h1-7,9-10H,8H2,(H,18,20)(H2,17,19,21)/b7-4-. The number of pyridine rings is 1. The molecule has 0 aliphatic carbocycles. The minimum atomic E-state index is -0.434. The zero-order chi connectivity index (χ0) is 15.1. The monoisotopic (exact) mass is 347 g/mol. The highest BCUT2D eigenvalue weighted by Gasteiger charge is 2.04. The number of aromatic nitrogens is 1. The predicted molar refractivity (Wildman–Crippen MR) is 87.3 cm³/mol. The lowest BCUT2D eigenvalue weighted by Crippen LogP contribution is -2.31. The van der Waals surface area contributed by atoms with Gasteiger partial charge in [0.05, 0.1) is 0 Å². The van der Waals surface area contributed by atoms with E-state index >= 15 is 0 Å². The Kier molecular flexibility index (Phi) is 5.34. The number of amides is 2. The van der Waals surface area contributed by atoms with Gasteiger partial charge in [0.15, 0.2) is 0 Å². The average Bonchev–Trinajstić information content (AvgIpc) is 2.48. The maximum absolute atomic E-state index is 11.7. The van der Waals surface area contributed by atoms with Crippen LogP contribution >= 0.6 is 15.9 Å². The molecule has 1 heterocycles. The summed E-state index contributed by atoms with van der Waals surface area (Å²) in [4.78, 5) is 25.7. The first-order chi connectivity index (χ1) is 10.1. The molecule has 0 bridgehead atoms. The van der Waals surface area contributed by atoms with E-state index in [1.807, 2.05) is 42.5 Å². The second-order valence-corrected chi connectivity index (χ2v) is 5.12. The van der Waals surface area contributed by atoms with Crippen molar-refractivity contribution in [2.24, 2.45) is 0 Å². The van der Waals surface area contributed by atoms with Gasteiger partial charge in [-0.15, -0.1) is 0 Å². The molecule has 6 heteroatoms. The number of anilines is 1. The molecule has 0 fully saturated rings. The lowest BCUT2D eigenvalue weighted by Gasteiger charge is -2.05. The molecular weight excluding hydrogens is 334 g/mol. The first-order valence-electron chi connectivity index (χ1n) is 6.30. The summed E-state index contributed by atoms with van der Waals surface area (Å²) in [5.74, 6) is 0. The fourth-order valence-corrected chi connectivity index (χ4v) is 1.97. The Labute approximate surface area is 130 Å². The molecule has 2 aromatic rings. The first kappa shape index (κ1) is 15.1. The molecule has 0 atom stereocenters. The summed E-state index contributed by atoms with van der Waals surface area (Å²) in [6, 6.07) is 10.9. The second kappa shape index (κ2) is 7.44. The van der Waals surface area contributed by atoms with Crippen LogP contribution in [0.5, 0.6) is 0 Å². The molecule has 1 aromatic carbocycles. The lowest BCUT2D eigenvalue weighted by molar-refractivity contribution is 0.253. The van der Waals surface area contributed by atoms with Crippen molar-refractivity contribution < 1.29 is 4.79 Å². The largest absolute Gasteiger partial charge is 0.334 e. The van der Waals surface area contributed by atoms with Gasteiger partial charge in [-0.25, -0.2) is 4.79 Å². The lowest BCUT2D eigenvalue weighted by atomic mass is 10.2. The van der Waals surface area contributed by atoms with Gasteiger partial charge in [0, 0.05) is 17.2 Å². The normalized spacial score (nSPS) is 10.5. The molecule has 3 N–H and O–H groups in total. The second-order valence-electron chi connectivity index (χ2n) is 4.21. The van der Waals surface area contributed by atoms with Crippen LogP contribution in [0.2, 0.25) is 0 Å². The van der Waals surface area contributed by atoms with Crippen molar-refractivity contribution in [2.75, 3.05) is 11.9 Å². The molecule has 0 aliphatic heterocycles. The minimum Gasteiger partial charge on any atom is -0.334 e. The summed E-state index contributed by atoms with van der Waals surface area (Å²) < 4.78 is 0.682. The van der Waals surface area contributed by atoms with Crippen molar-refractivity contribution in [1.29, 1.82) is 0 Å². The molecule has 0 radical (unpaired) electrons. The molecule has 21 heavy (non-hydrogen) atoms. The summed E-state index contributed by atoms with van der Waals surface area (Å²) in [6.07, 6.45) is 5.25. The van der Waals surface area contributed by atoms with E-state index in [0.29, 0.717) is 11.0 Å². The number of hydrogen-bond acceptors (Lipinski definition) is 2. The molecule has 0 saturated heterocycles. The molecule has 0 spiro atoms. The summed E-state index contributed by atoms with van der Waals surface area (Å²) in [7, 11) is 0. The molecule has 2 rings (SSSR count). The summed E-state index contributed by atoms with van der Waals surface area (Å²) in [6.45, 7) is 0.368. The van der Waals surface area contributed by atoms with Crippen LogP contribution < -0.4 is 16.2 Å². The van der Waals surface area contributed by atoms with Gasteiger partial charge in [-0.05, 0) is 27.6 Å². The van der Waals surface area contributed by atoms with E-state index in [2.05, 4.69) is 31.5 Å². The first-order valence-corrected chi connectivity index (χ1v) is 7.09. The quantitative estimate of drug-likeness (QED) is 0.795. The van der Waals surface area contributed by atoms with Crippen LogP contribution in [0.3, 0.4) is 0 Å². The summed E-state index contributed by atoms with van der Waals surface area (Å²) >= 11 is 3.22. The van der Waals surface area contributed by atoms with E-state index in [1.165, 1.54) is 12.3 Å². The number of nitrogens with one attached hydrogen (secondary N) is 3. The Balaban J connectivity index is 1.84. The van der Waals surface area contributed by atoms with Gasteiger partial charge in [0.2, 0.25) is 0 Å². The number of hydrogen-bond donors (Lipinski definition) is 3. The van der Waals surface area contributed by atoms with Crippen LogP contribution in [0, 0.1) is 0 Å². The topological polar surface area (TPSA) is 74.0 Å². The molecule has 108 valence electrons. The van der Waals surface area contributed by atoms with Crippen LogP contribution in [-0.2, 0) is 0 Å². The van der Waals surface area contributed by atoms with Gasteiger partial charge in [0.1, 0.15) is 5.69 Å². The van der Waals surface area contributed by atoms with Gasteiger partial charge in [-0.3, -0.25) is 4.79 Å². The highest BCUT2D eigenvalue weighted by atomic mass is 79.9. The number of carbonyl (C=O) groups excluding carboxylic acids is 1. The van der Waals surface area contributed by atoms with Crippen LogP contribution in [0.25, 0.3) is 6.08 Å². The van der Waals surface area contributed by atoms with Crippen molar-refractivity contribution in [3.8, 4) is 0 Å². The third kappa shape index (κ3) is 4.92. The van der Waals surface area contributed by atoms with Crippen LogP contribution in [-0.4, -0.2) is 17.6 Å². The molecule has 0 saturated carbocycles. The molecular formula is C15H14BrN3O2. The third-order valence-electron chi connectivity index (χ3n) is 2.61. The zero-order valence-corrected chi connectivity index (χ0v) is 12.7. The van der Waals surface area contributed by atoms with E-state index in [0.717, 1.165) is 5.56 Å². The van der Waals surface area contributed by atoms with Crippen LogP contribution in [0.4, 0.5) is 10.5 Å². The van der Waals surface area contributed by atoms with E-state index in [4.69, 9.17) is 0 Å². The van der Waals surface area contributed by atoms with E-state index < -0.39 is 6.03 Å². The van der Waals surface area contributed by atoms with E-state index in [-0.39, 0.29) is 11.2 Å². The SMILES string of the molecule is O=C(NC/C=C\c1ccccc1)Nc1cc(Br)c[nH]c1=O. The van der Waals surface area contributed by atoms with E-state index in [9.17, 15) is 9.59 Å². The fourth-order valence-electron chi connectivity index (χ4n) is 1.63. The minimum absolute atomic E-state index is 0.189. The molecule has 0 aliphatic rings. The molecule has 2 amide bonds. The van der Waals surface area contributed by atoms with Crippen LogP contribution in [0.1, 0.15) is 5.56 Å². The molecule has 1 aromatic heterocycles. The number of carbonyl (C=O) groups is 1. The Morgan fingerprint density at radius 2 is 2.05 bits per heavy atom. The Hall–Kier alpha value is -2.34. The predicted octanol–water partition coefficient (Wildman–Crippen LogP) is 2.97. The summed E-state index contributed by atoms with van der Waals surface area (Å²) in [5, 5.41) is 5.14.